The van der Waals surface area contributed by atoms with Crippen LogP contribution in [-0.4, -0.2) is 14.4 Å². The molecule has 0 aliphatic rings. The van der Waals surface area contributed by atoms with Gasteiger partial charge in [-0.25, -0.2) is 8.42 Å². The molecule has 0 aromatic heterocycles. The van der Waals surface area contributed by atoms with Gasteiger partial charge in [-0.15, -0.1) is 0 Å². The second kappa shape index (κ2) is 9.24. The van der Waals surface area contributed by atoms with Crippen molar-refractivity contribution in [2.75, 3.05) is 0 Å². The largest absolute Gasteiger partial charge is 0.456 e. The molecule has 0 spiro atoms. The van der Waals surface area contributed by atoms with Crippen LogP contribution in [0.25, 0.3) is 0 Å². The molecule has 2 unspecified atom stereocenters. The van der Waals surface area contributed by atoms with Crippen molar-refractivity contribution >= 4 is 16.0 Å². The Kier molecular flexibility index (Phi) is 6.70. The Morgan fingerprint density at radius 3 is 2.07 bits per heavy atom. The fraction of sp³-hybridized carbons (Fsp3) is 0.208. The molecule has 3 rings (SSSR count). The molecule has 0 saturated heterocycles. The molecule has 6 heteroatoms. The Hall–Kier alpha value is -2.96. The molecule has 1 N–H and O–H groups in total. The third-order valence-corrected chi connectivity index (χ3v) is 6.32. The number of aryl methyl sites for hydroxylation is 2. The Labute approximate surface area is 177 Å². The highest BCUT2D eigenvalue weighted by Gasteiger charge is 2.32. The van der Waals surface area contributed by atoms with E-state index >= 15 is 0 Å². The number of hydrogen-bond acceptors (Lipinski definition) is 4. The molecule has 0 saturated carbocycles. The number of hydrogen-bond donors (Lipinski definition) is 1. The molecule has 2 atom stereocenters. The van der Waals surface area contributed by atoms with Gasteiger partial charge in [-0.05, 0) is 42.7 Å². The minimum Gasteiger partial charge on any atom is -0.456 e. The second-order valence-electron chi connectivity index (χ2n) is 7.21. The van der Waals surface area contributed by atoms with Crippen LogP contribution in [0, 0.1) is 13.8 Å². The summed E-state index contributed by atoms with van der Waals surface area (Å²) in [4.78, 5) is 12.1. The van der Waals surface area contributed by atoms with Crippen molar-refractivity contribution in [3.8, 4) is 0 Å². The summed E-state index contributed by atoms with van der Waals surface area (Å²) < 4.78 is 34.8. The topological polar surface area (TPSA) is 72.5 Å². The number of carbonyl (C=O) groups excluding carboxylic acids is 1. The standard InChI is InChI=1S/C24H25NO4S/c1-17-13-15-21(16-14-17)30(27,28)25-23(20-10-5-4-6-11-20)24(29-19(3)26)22-12-8-7-9-18(22)2/h4-16,23-25H,1-3H3. The Balaban J connectivity index is 2.10. The quantitative estimate of drug-likeness (QED) is 0.563. The van der Waals surface area contributed by atoms with Gasteiger partial charge in [-0.2, -0.15) is 4.72 Å². The average molecular weight is 424 g/mol. The van der Waals surface area contributed by atoms with E-state index < -0.39 is 28.1 Å². The Morgan fingerprint density at radius 2 is 1.47 bits per heavy atom. The Bertz CT molecular complexity index is 1110. The molecular formula is C24H25NO4S. The lowest BCUT2D eigenvalue weighted by Gasteiger charge is -2.29. The van der Waals surface area contributed by atoms with E-state index in [1.54, 1.807) is 24.3 Å². The van der Waals surface area contributed by atoms with Gasteiger partial charge in [0.2, 0.25) is 10.0 Å². The van der Waals surface area contributed by atoms with Gasteiger partial charge in [0, 0.05) is 6.92 Å². The SMILES string of the molecule is CC(=O)OC(c1ccccc1C)C(NS(=O)(=O)c1ccc(C)cc1)c1ccccc1. The van der Waals surface area contributed by atoms with E-state index in [0.29, 0.717) is 5.56 Å². The molecule has 156 valence electrons. The molecule has 5 nitrogen and oxygen atoms in total. The maximum Gasteiger partial charge on any atom is 0.303 e. The first-order chi connectivity index (χ1) is 14.3. The average Bonchev–Trinajstić information content (AvgIpc) is 2.72. The monoisotopic (exact) mass is 423 g/mol. The highest BCUT2D eigenvalue weighted by Crippen LogP contribution is 2.35. The predicted octanol–water partition coefficient (Wildman–Crippen LogP) is 4.63. The summed E-state index contributed by atoms with van der Waals surface area (Å²) in [6.45, 7) is 5.12. The summed E-state index contributed by atoms with van der Waals surface area (Å²) in [5.41, 5.74) is 3.31. The van der Waals surface area contributed by atoms with E-state index in [-0.39, 0.29) is 4.90 Å². The molecule has 0 heterocycles. The van der Waals surface area contributed by atoms with Gasteiger partial charge in [0.05, 0.1) is 10.9 Å². The maximum absolute atomic E-state index is 13.2. The zero-order valence-electron chi connectivity index (χ0n) is 17.2. The van der Waals surface area contributed by atoms with Gasteiger partial charge < -0.3 is 4.74 Å². The number of ether oxygens (including phenoxy) is 1. The minimum atomic E-state index is -3.87. The van der Waals surface area contributed by atoms with Crippen LogP contribution in [0.3, 0.4) is 0 Å². The molecule has 0 amide bonds. The van der Waals surface area contributed by atoms with Crippen LogP contribution in [0.15, 0.2) is 83.8 Å². The third-order valence-electron chi connectivity index (χ3n) is 4.86. The van der Waals surface area contributed by atoms with Gasteiger partial charge in [-0.3, -0.25) is 4.79 Å². The van der Waals surface area contributed by atoms with Crippen molar-refractivity contribution in [1.29, 1.82) is 0 Å². The van der Waals surface area contributed by atoms with E-state index in [0.717, 1.165) is 16.7 Å². The summed E-state index contributed by atoms with van der Waals surface area (Å²) in [7, 11) is -3.87. The van der Waals surface area contributed by atoms with Crippen LogP contribution in [0.5, 0.6) is 0 Å². The number of rotatable bonds is 7. The summed E-state index contributed by atoms with van der Waals surface area (Å²) in [6, 6.07) is 22.4. The fourth-order valence-electron chi connectivity index (χ4n) is 3.31. The smallest absolute Gasteiger partial charge is 0.303 e. The van der Waals surface area contributed by atoms with E-state index in [1.807, 2.05) is 68.4 Å². The molecule has 30 heavy (non-hydrogen) atoms. The van der Waals surface area contributed by atoms with E-state index in [9.17, 15) is 13.2 Å². The molecule has 3 aromatic rings. The lowest BCUT2D eigenvalue weighted by atomic mass is 9.93. The van der Waals surface area contributed by atoms with Crippen LogP contribution < -0.4 is 4.72 Å². The van der Waals surface area contributed by atoms with E-state index in [4.69, 9.17) is 4.74 Å². The van der Waals surface area contributed by atoms with Crippen molar-refractivity contribution in [2.45, 2.75) is 37.8 Å². The highest BCUT2D eigenvalue weighted by atomic mass is 32.2. The maximum atomic E-state index is 13.2. The summed E-state index contributed by atoms with van der Waals surface area (Å²) >= 11 is 0. The summed E-state index contributed by atoms with van der Waals surface area (Å²) in [5, 5.41) is 0. The van der Waals surface area contributed by atoms with Crippen LogP contribution in [0.1, 0.15) is 41.3 Å². The minimum absolute atomic E-state index is 0.153. The number of carbonyl (C=O) groups is 1. The molecule has 0 radical (unpaired) electrons. The van der Waals surface area contributed by atoms with Crippen molar-refractivity contribution in [3.63, 3.8) is 0 Å². The summed E-state index contributed by atoms with van der Waals surface area (Å²) in [6.07, 6.45) is -0.827. The van der Waals surface area contributed by atoms with Crippen LogP contribution in [0.2, 0.25) is 0 Å². The first-order valence-electron chi connectivity index (χ1n) is 9.64. The molecule has 0 fully saturated rings. The molecule has 3 aromatic carbocycles. The van der Waals surface area contributed by atoms with Crippen LogP contribution >= 0.6 is 0 Å². The molecule has 0 aliphatic carbocycles. The number of nitrogens with one attached hydrogen (secondary N) is 1. The number of benzene rings is 3. The molecular weight excluding hydrogens is 398 g/mol. The van der Waals surface area contributed by atoms with E-state index in [2.05, 4.69) is 4.72 Å². The summed E-state index contributed by atoms with van der Waals surface area (Å²) in [5.74, 6) is -0.487. The predicted molar refractivity (Wildman–Crippen MR) is 116 cm³/mol. The first-order valence-corrected chi connectivity index (χ1v) is 11.1. The van der Waals surface area contributed by atoms with Gasteiger partial charge in [-0.1, -0.05) is 72.3 Å². The van der Waals surface area contributed by atoms with Gasteiger partial charge in [0.1, 0.15) is 6.10 Å². The van der Waals surface area contributed by atoms with Crippen molar-refractivity contribution < 1.29 is 17.9 Å². The van der Waals surface area contributed by atoms with Crippen molar-refractivity contribution in [3.05, 3.63) is 101 Å². The lowest BCUT2D eigenvalue weighted by molar-refractivity contribution is -0.148. The first kappa shape index (κ1) is 21.7. The second-order valence-corrected chi connectivity index (χ2v) is 8.92. The molecule has 0 bridgehead atoms. The highest BCUT2D eigenvalue weighted by molar-refractivity contribution is 7.89. The van der Waals surface area contributed by atoms with Crippen LogP contribution in [-0.2, 0) is 19.6 Å². The Morgan fingerprint density at radius 1 is 0.867 bits per heavy atom. The number of esters is 1. The third kappa shape index (κ3) is 5.14. The van der Waals surface area contributed by atoms with Gasteiger partial charge >= 0.3 is 5.97 Å². The number of sulfonamides is 1. The molecule has 0 aliphatic heterocycles. The van der Waals surface area contributed by atoms with Gasteiger partial charge in [0.15, 0.2) is 0 Å². The zero-order valence-corrected chi connectivity index (χ0v) is 18.0. The van der Waals surface area contributed by atoms with Gasteiger partial charge in [0.25, 0.3) is 0 Å². The van der Waals surface area contributed by atoms with E-state index in [1.165, 1.54) is 6.92 Å². The van der Waals surface area contributed by atoms with Crippen molar-refractivity contribution in [2.24, 2.45) is 0 Å². The zero-order chi connectivity index (χ0) is 21.7. The normalized spacial score (nSPS) is 13.4. The van der Waals surface area contributed by atoms with Crippen molar-refractivity contribution in [1.82, 2.24) is 4.72 Å². The lowest BCUT2D eigenvalue weighted by Crippen LogP contribution is -2.34. The van der Waals surface area contributed by atoms with Crippen LogP contribution in [0.4, 0.5) is 0 Å². The fourth-order valence-corrected chi connectivity index (χ4v) is 4.54.